The number of para-hydroxylation sites is 1. The Balaban J connectivity index is 1.67. The molecule has 0 atom stereocenters. The average Bonchev–Trinajstić information content (AvgIpc) is 3.04. The van der Waals surface area contributed by atoms with Gasteiger partial charge in [-0.1, -0.05) is 47.1 Å². The lowest BCUT2D eigenvalue weighted by atomic mass is 10.1. The van der Waals surface area contributed by atoms with Gasteiger partial charge in [-0.3, -0.25) is 4.79 Å². The number of halogens is 1. The van der Waals surface area contributed by atoms with E-state index in [1.165, 1.54) is 0 Å². The number of nitrogens with zero attached hydrogens (tertiary/aromatic N) is 2. The molecule has 0 unspecified atom stereocenters. The van der Waals surface area contributed by atoms with E-state index < -0.39 is 0 Å². The number of nitrogens with one attached hydrogen (secondary N) is 1. The number of carbonyl (C=O) groups excluding carboxylic acids is 1. The van der Waals surface area contributed by atoms with Crippen molar-refractivity contribution in [2.45, 2.75) is 6.92 Å². The third kappa shape index (κ3) is 4.06. The molecule has 0 saturated heterocycles. The molecule has 0 fully saturated rings. The monoisotopic (exact) mass is 369 g/mol. The number of hydrogen-bond acceptors (Lipinski definition) is 4. The van der Waals surface area contributed by atoms with Gasteiger partial charge in [-0.2, -0.15) is 0 Å². The van der Waals surface area contributed by atoms with Crippen molar-refractivity contribution >= 4 is 23.2 Å². The lowest BCUT2D eigenvalue weighted by molar-refractivity contribution is 0.0954. The van der Waals surface area contributed by atoms with E-state index in [4.69, 9.17) is 16.1 Å². The molecule has 0 saturated carbocycles. The van der Waals surface area contributed by atoms with Crippen LogP contribution in [0.5, 0.6) is 0 Å². The Bertz CT molecular complexity index is 876. The molecule has 5 nitrogen and oxygen atoms in total. The molecule has 134 valence electrons. The fraction of sp³-hybridized carbons (Fsp3) is 0.200. The highest BCUT2D eigenvalue weighted by molar-refractivity contribution is 6.30. The molecule has 0 aliphatic rings. The highest BCUT2D eigenvalue weighted by Crippen LogP contribution is 2.26. The number of carbonyl (C=O) groups is 1. The maximum absolute atomic E-state index is 12.7. The van der Waals surface area contributed by atoms with E-state index in [0.29, 0.717) is 35.1 Å². The van der Waals surface area contributed by atoms with Crippen LogP contribution in [0.4, 0.5) is 5.69 Å². The molecule has 3 rings (SSSR count). The summed E-state index contributed by atoms with van der Waals surface area (Å²) in [4.78, 5) is 14.7. The quantitative estimate of drug-likeness (QED) is 0.708. The first kappa shape index (κ1) is 18.0. The van der Waals surface area contributed by atoms with Gasteiger partial charge in [0, 0.05) is 36.4 Å². The van der Waals surface area contributed by atoms with Crippen LogP contribution in [0.1, 0.15) is 16.1 Å². The predicted molar refractivity (Wildman–Crippen MR) is 104 cm³/mol. The molecule has 2 aromatic carbocycles. The number of aryl methyl sites for hydroxylation is 1. The summed E-state index contributed by atoms with van der Waals surface area (Å²) in [5.41, 5.74) is 2.87. The van der Waals surface area contributed by atoms with E-state index in [0.717, 1.165) is 11.3 Å². The maximum Gasteiger partial charge on any atom is 0.257 e. The SMILES string of the molecule is Cc1onc(-c2ccc(Cl)cc2)c1C(=O)NCCN(C)c1ccccc1. The molecule has 1 aromatic heterocycles. The number of likely N-dealkylation sites (N-methyl/N-ethyl adjacent to an activating group) is 1. The van der Waals surface area contributed by atoms with Crippen LogP contribution in [0.25, 0.3) is 11.3 Å². The Hall–Kier alpha value is -2.79. The van der Waals surface area contributed by atoms with Crippen LogP contribution in [0.2, 0.25) is 5.02 Å². The van der Waals surface area contributed by atoms with Crippen LogP contribution >= 0.6 is 11.6 Å². The summed E-state index contributed by atoms with van der Waals surface area (Å²) in [6, 6.07) is 17.2. The van der Waals surface area contributed by atoms with E-state index in [9.17, 15) is 4.79 Å². The first-order valence-corrected chi connectivity index (χ1v) is 8.70. The second kappa shape index (κ2) is 8.06. The minimum Gasteiger partial charge on any atom is -0.373 e. The summed E-state index contributed by atoms with van der Waals surface area (Å²) < 4.78 is 5.24. The third-order valence-electron chi connectivity index (χ3n) is 4.14. The average molecular weight is 370 g/mol. The van der Waals surface area contributed by atoms with E-state index >= 15 is 0 Å². The summed E-state index contributed by atoms with van der Waals surface area (Å²) >= 11 is 5.93. The van der Waals surface area contributed by atoms with Gasteiger partial charge in [-0.05, 0) is 31.2 Å². The molecule has 26 heavy (non-hydrogen) atoms. The molecule has 1 heterocycles. The normalized spacial score (nSPS) is 10.6. The number of amides is 1. The van der Waals surface area contributed by atoms with Crippen molar-refractivity contribution in [1.29, 1.82) is 0 Å². The van der Waals surface area contributed by atoms with Crippen LogP contribution in [0.15, 0.2) is 59.1 Å². The van der Waals surface area contributed by atoms with Crippen molar-refractivity contribution in [3.63, 3.8) is 0 Å². The first-order chi connectivity index (χ1) is 12.6. The number of benzene rings is 2. The summed E-state index contributed by atoms with van der Waals surface area (Å²) in [5, 5.41) is 7.61. The Kier molecular flexibility index (Phi) is 5.58. The third-order valence-corrected chi connectivity index (χ3v) is 4.39. The van der Waals surface area contributed by atoms with Crippen molar-refractivity contribution < 1.29 is 9.32 Å². The topological polar surface area (TPSA) is 58.4 Å². The standard InChI is InChI=1S/C20H20ClN3O2/c1-14-18(19(23-26-14)15-8-10-16(21)11-9-15)20(25)22-12-13-24(2)17-6-4-3-5-7-17/h3-11H,12-13H2,1-2H3,(H,22,25). The minimum atomic E-state index is -0.199. The Morgan fingerprint density at radius 1 is 1.15 bits per heavy atom. The number of hydrogen-bond donors (Lipinski definition) is 1. The molecular weight excluding hydrogens is 350 g/mol. The molecule has 1 N–H and O–H groups in total. The predicted octanol–water partition coefficient (Wildman–Crippen LogP) is 4.17. The van der Waals surface area contributed by atoms with Gasteiger partial charge in [0.05, 0.1) is 0 Å². The Labute approximate surface area is 157 Å². The fourth-order valence-corrected chi connectivity index (χ4v) is 2.81. The zero-order valence-electron chi connectivity index (χ0n) is 14.7. The summed E-state index contributed by atoms with van der Waals surface area (Å²) in [7, 11) is 1.99. The van der Waals surface area contributed by atoms with Crippen LogP contribution in [0.3, 0.4) is 0 Å². The van der Waals surface area contributed by atoms with Gasteiger partial charge in [-0.15, -0.1) is 0 Å². The van der Waals surface area contributed by atoms with Gasteiger partial charge in [0.25, 0.3) is 5.91 Å². The lowest BCUT2D eigenvalue weighted by Gasteiger charge is -2.19. The minimum absolute atomic E-state index is 0.199. The number of rotatable bonds is 6. The largest absolute Gasteiger partial charge is 0.373 e. The van der Waals surface area contributed by atoms with Crippen molar-refractivity contribution in [1.82, 2.24) is 10.5 Å². The second-order valence-corrected chi connectivity index (χ2v) is 6.42. The highest BCUT2D eigenvalue weighted by Gasteiger charge is 2.21. The van der Waals surface area contributed by atoms with Gasteiger partial charge in [0.15, 0.2) is 0 Å². The zero-order valence-corrected chi connectivity index (χ0v) is 15.5. The van der Waals surface area contributed by atoms with Gasteiger partial charge in [-0.25, -0.2) is 0 Å². The van der Waals surface area contributed by atoms with E-state index in [1.807, 2.05) is 49.5 Å². The van der Waals surface area contributed by atoms with Crippen LogP contribution in [0, 0.1) is 6.92 Å². The second-order valence-electron chi connectivity index (χ2n) is 5.98. The van der Waals surface area contributed by atoms with Gasteiger partial charge < -0.3 is 14.7 Å². The number of aromatic nitrogens is 1. The number of anilines is 1. The molecule has 3 aromatic rings. The Morgan fingerprint density at radius 3 is 2.54 bits per heavy atom. The van der Waals surface area contributed by atoms with Gasteiger partial charge in [0.2, 0.25) is 0 Å². The fourth-order valence-electron chi connectivity index (χ4n) is 2.68. The van der Waals surface area contributed by atoms with E-state index in [-0.39, 0.29) is 5.91 Å². The maximum atomic E-state index is 12.7. The molecule has 1 amide bonds. The van der Waals surface area contributed by atoms with E-state index in [2.05, 4.69) is 15.4 Å². The van der Waals surface area contributed by atoms with Gasteiger partial charge in [0.1, 0.15) is 17.0 Å². The summed E-state index contributed by atoms with van der Waals surface area (Å²) in [6.07, 6.45) is 0. The molecule has 0 spiro atoms. The van der Waals surface area contributed by atoms with Crippen molar-refractivity contribution in [3.8, 4) is 11.3 Å². The smallest absolute Gasteiger partial charge is 0.257 e. The van der Waals surface area contributed by atoms with Crippen LogP contribution < -0.4 is 10.2 Å². The van der Waals surface area contributed by atoms with Crippen LogP contribution in [-0.4, -0.2) is 31.2 Å². The molecule has 0 radical (unpaired) electrons. The molecule has 0 aliphatic heterocycles. The van der Waals surface area contributed by atoms with Crippen LogP contribution in [-0.2, 0) is 0 Å². The van der Waals surface area contributed by atoms with Crippen molar-refractivity contribution in [2.24, 2.45) is 0 Å². The zero-order chi connectivity index (χ0) is 18.5. The lowest BCUT2D eigenvalue weighted by Crippen LogP contribution is -2.33. The summed E-state index contributed by atoms with van der Waals surface area (Å²) in [5.74, 6) is 0.291. The molecule has 0 bridgehead atoms. The molecular formula is C20H20ClN3O2. The Morgan fingerprint density at radius 2 is 1.85 bits per heavy atom. The summed E-state index contributed by atoms with van der Waals surface area (Å²) in [6.45, 7) is 2.93. The van der Waals surface area contributed by atoms with Crippen molar-refractivity contribution in [2.75, 3.05) is 25.0 Å². The molecule has 6 heteroatoms. The van der Waals surface area contributed by atoms with Gasteiger partial charge >= 0.3 is 0 Å². The van der Waals surface area contributed by atoms with Crippen molar-refractivity contribution in [3.05, 3.63) is 70.9 Å². The van der Waals surface area contributed by atoms with E-state index in [1.54, 1.807) is 19.1 Å². The highest BCUT2D eigenvalue weighted by atomic mass is 35.5. The molecule has 0 aliphatic carbocycles. The first-order valence-electron chi connectivity index (χ1n) is 8.33.